The van der Waals surface area contributed by atoms with Gasteiger partial charge in [-0.25, -0.2) is 9.97 Å². The number of hydrogen-bond acceptors (Lipinski definition) is 5. The van der Waals surface area contributed by atoms with Crippen LogP contribution in [0.3, 0.4) is 0 Å². The summed E-state index contributed by atoms with van der Waals surface area (Å²) in [5.41, 5.74) is 0. The third-order valence-electron chi connectivity index (χ3n) is 1.99. The lowest BCUT2D eigenvalue weighted by molar-refractivity contribution is 0.205. The smallest absolute Gasteiger partial charge is 0.224 e. The van der Waals surface area contributed by atoms with Crippen LogP contribution in [0.2, 0.25) is 5.28 Å². The van der Waals surface area contributed by atoms with Gasteiger partial charge in [-0.3, -0.25) is 0 Å². The molecule has 1 heterocycles. The number of halogens is 1. The van der Waals surface area contributed by atoms with Gasteiger partial charge < -0.3 is 9.64 Å². The van der Waals surface area contributed by atoms with Gasteiger partial charge >= 0.3 is 0 Å². The Morgan fingerprint density at radius 2 is 2.38 bits per heavy atom. The van der Waals surface area contributed by atoms with Gasteiger partial charge in [0.25, 0.3) is 0 Å². The van der Waals surface area contributed by atoms with Gasteiger partial charge in [-0.15, -0.1) is 0 Å². The Labute approximate surface area is 99.6 Å². The van der Waals surface area contributed by atoms with E-state index in [1.807, 2.05) is 4.90 Å². The van der Waals surface area contributed by atoms with E-state index < -0.39 is 0 Å². The van der Waals surface area contributed by atoms with Crippen molar-refractivity contribution in [3.05, 3.63) is 17.5 Å². The molecule has 6 heteroatoms. The highest BCUT2D eigenvalue weighted by molar-refractivity contribution is 6.28. The van der Waals surface area contributed by atoms with Crippen molar-refractivity contribution < 1.29 is 4.74 Å². The van der Waals surface area contributed by atoms with Gasteiger partial charge in [0, 0.05) is 26.4 Å². The van der Waals surface area contributed by atoms with Gasteiger partial charge in [-0.1, -0.05) is 0 Å². The summed E-state index contributed by atoms with van der Waals surface area (Å²) in [5.74, 6) is 0.715. The molecule has 0 fully saturated rings. The first-order valence-corrected chi connectivity index (χ1v) is 5.25. The van der Waals surface area contributed by atoms with Crippen LogP contribution in [0.15, 0.2) is 12.3 Å². The highest BCUT2D eigenvalue weighted by Gasteiger charge is 2.07. The van der Waals surface area contributed by atoms with Crippen LogP contribution in [0.4, 0.5) is 5.82 Å². The number of rotatable bonds is 6. The normalized spacial score (nSPS) is 9.81. The summed E-state index contributed by atoms with van der Waals surface area (Å²) in [5, 5.41) is 8.78. The van der Waals surface area contributed by atoms with E-state index in [0.29, 0.717) is 31.9 Å². The molecule has 0 unspecified atom stereocenters. The molecule has 0 atom stereocenters. The van der Waals surface area contributed by atoms with E-state index >= 15 is 0 Å². The molecule has 0 aliphatic heterocycles. The Hall–Kier alpha value is -1.38. The standard InChI is InChI=1S/C10H13ClN4O/c1-16-8-7-15(6-2-4-12)9-3-5-13-10(11)14-9/h3,5H,2,6-8H2,1H3. The first kappa shape index (κ1) is 12.7. The van der Waals surface area contributed by atoms with Gasteiger partial charge in [0.05, 0.1) is 19.1 Å². The highest BCUT2D eigenvalue weighted by atomic mass is 35.5. The second-order valence-corrected chi connectivity index (χ2v) is 3.41. The van der Waals surface area contributed by atoms with Crippen molar-refractivity contribution in [3.63, 3.8) is 0 Å². The Kier molecular flexibility index (Phi) is 5.54. The molecule has 0 saturated heterocycles. The van der Waals surface area contributed by atoms with Crippen LogP contribution in [0.5, 0.6) is 0 Å². The van der Waals surface area contributed by atoms with Crippen LogP contribution in [0, 0.1) is 11.3 Å². The maximum Gasteiger partial charge on any atom is 0.224 e. The quantitative estimate of drug-likeness (QED) is 0.705. The Morgan fingerprint density at radius 1 is 1.56 bits per heavy atom. The molecule has 1 aromatic rings. The summed E-state index contributed by atoms with van der Waals surface area (Å²) >= 11 is 5.71. The predicted octanol–water partition coefficient (Wildman–Crippen LogP) is 1.50. The van der Waals surface area contributed by atoms with Crippen LogP contribution in [-0.4, -0.2) is 36.8 Å². The minimum Gasteiger partial charge on any atom is -0.383 e. The maximum atomic E-state index is 8.58. The lowest BCUT2D eigenvalue weighted by atomic mass is 10.4. The van der Waals surface area contributed by atoms with Crippen LogP contribution in [0.25, 0.3) is 0 Å². The van der Waals surface area contributed by atoms with Crippen LogP contribution >= 0.6 is 11.6 Å². The molecule has 16 heavy (non-hydrogen) atoms. The van der Waals surface area contributed by atoms with Crippen molar-refractivity contribution in [2.45, 2.75) is 6.42 Å². The monoisotopic (exact) mass is 240 g/mol. The van der Waals surface area contributed by atoms with E-state index in [9.17, 15) is 0 Å². The molecule has 0 aliphatic rings. The van der Waals surface area contributed by atoms with E-state index in [2.05, 4.69) is 16.0 Å². The molecule has 0 N–H and O–H groups in total. The maximum absolute atomic E-state index is 8.58. The summed E-state index contributed by atoms with van der Waals surface area (Å²) in [4.78, 5) is 9.85. The van der Waals surface area contributed by atoms with E-state index in [0.717, 1.165) is 0 Å². The fraction of sp³-hybridized carbons (Fsp3) is 0.500. The number of ether oxygens (including phenoxy) is 1. The molecule has 5 nitrogen and oxygen atoms in total. The number of hydrogen-bond donors (Lipinski definition) is 0. The lowest BCUT2D eigenvalue weighted by Gasteiger charge is -2.21. The minimum atomic E-state index is 0.205. The zero-order valence-electron chi connectivity index (χ0n) is 9.06. The molecule has 0 amide bonds. The van der Waals surface area contributed by atoms with Gasteiger partial charge in [0.2, 0.25) is 5.28 Å². The zero-order chi connectivity index (χ0) is 11.8. The second kappa shape index (κ2) is 6.99. The molecular weight excluding hydrogens is 228 g/mol. The van der Waals surface area contributed by atoms with Crippen molar-refractivity contribution in [3.8, 4) is 6.07 Å². The van der Waals surface area contributed by atoms with Crippen molar-refractivity contribution in [2.24, 2.45) is 0 Å². The topological polar surface area (TPSA) is 62.0 Å². The van der Waals surface area contributed by atoms with Crippen LogP contribution in [0.1, 0.15) is 6.42 Å². The Bertz CT molecular complexity index is 366. The summed E-state index contributed by atoms with van der Waals surface area (Å²) in [6, 6.07) is 3.86. The summed E-state index contributed by atoms with van der Waals surface area (Å²) in [6.07, 6.45) is 2.03. The highest BCUT2D eigenvalue weighted by Crippen LogP contribution is 2.12. The van der Waals surface area contributed by atoms with E-state index in [1.165, 1.54) is 0 Å². The van der Waals surface area contributed by atoms with E-state index in [4.69, 9.17) is 21.6 Å². The number of aromatic nitrogens is 2. The van der Waals surface area contributed by atoms with Gasteiger partial charge in [-0.2, -0.15) is 5.26 Å². The minimum absolute atomic E-state index is 0.205. The fourth-order valence-electron chi connectivity index (χ4n) is 1.23. The third kappa shape index (κ3) is 4.01. The predicted molar refractivity (Wildman–Crippen MR) is 61.4 cm³/mol. The number of nitrogens with zero attached hydrogens (tertiary/aromatic N) is 4. The first-order valence-electron chi connectivity index (χ1n) is 4.87. The molecule has 0 bridgehead atoms. The van der Waals surface area contributed by atoms with Crippen LogP contribution < -0.4 is 4.90 Å². The number of anilines is 1. The summed E-state index contributed by atoms with van der Waals surface area (Å²) in [6.45, 7) is 1.85. The van der Waals surface area contributed by atoms with Crippen LogP contribution in [-0.2, 0) is 4.74 Å². The van der Waals surface area contributed by atoms with Crippen molar-refractivity contribution in [1.82, 2.24) is 9.97 Å². The van der Waals surface area contributed by atoms with Crippen molar-refractivity contribution >= 4 is 17.4 Å². The average molecular weight is 241 g/mol. The van der Waals surface area contributed by atoms with Crippen molar-refractivity contribution in [1.29, 1.82) is 5.26 Å². The molecular formula is C10H13ClN4O. The third-order valence-corrected chi connectivity index (χ3v) is 2.18. The molecule has 86 valence electrons. The molecule has 0 saturated carbocycles. The van der Waals surface area contributed by atoms with E-state index in [-0.39, 0.29) is 5.28 Å². The lowest BCUT2D eigenvalue weighted by Crippen LogP contribution is -2.29. The zero-order valence-corrected chi connectivity index (χ0v) is 9.81. The van der Waals surface area contributed by atoms with Gasteiger partial charge in [0.15, 0.2) is 0 Å². The Morgan fingerprint density at radius 3 is 3.00 bits per heavy atom. The van der Waals surface area contributed by atoms with Gasteiger partial charge in [-0.05, 0) is 17.7 Å². The number of methoxy groups -OCH3 is 1. The SMILES string of the molecule is COCCN(CCC#N)c1ccnc(Cl)n1. The summed E-state index contributed by atoms with van der Waals surface area (Å²) in [7, 11) is 1.63. The largest absolute Gasteiger partial charge is 0.383 e. The average Bonchev–Trinajstić information content (AvgIpc) is 2.29. The molecule has 0 aromatic carbocycles. The summed E-state index contributed by atoms with van der Waals surface area (Å²) < 4.78 is 5.00. The number of nitriles is 1. The molecule has 1 aromatic heterocycles. The first-order chi connectivity index (χ1) is 7.77. The van der Waals surface area contributed by atoms with E-state index in [1.54, 1.807) is 19.4 Å². The van der Waals surface area contributed by atoms with Crippen molar-refractivity contribution in [2.75, 3.05) is 31.7 Å². The van der Waals surface area contributed by atoms with Gasteiger partial charge in [0.1, 0.15) is 5.82 Å². The molecule has 0 aliphatic carbocycles. The fourth-order valence-corrected chi connectivity index (χ4v) is 1.37. The second-order valence-electron chi connectivity index (χ2n) is 3.07. The molecule has 1 rings (SSSR count). The molecule has 0 radical (unpaired) electrons. The Balaban J connectivity index is 2.70. The molecule has 0 spiro atoms.